The van der Waals surface area contributed by atoms with Crippen LogP contribution in [-0.2, 0) is 9.53 Å². The Morgan fingerprint density at radius 1 is 1.53 bits per heavy atom. The average Bonchev–Trinajstić information content (AvgIpc) is 3.13. The molecular formula is C13H24N2O2. The van der Waals surface area contributed by atoms with E-state index < -0.39 is 0 Å². The van der Waals surface area contributed by atoms with Crippen LogP contribution in [0, 0.1) is 5.92 Å². The van der Waals surface area contributed by atoms with Gasteiger partial charge in [0.2, 0.25) is 5.91 Å². The fourth-order valence-corrected chi connectivity index (χ4v) is 2.34. The van der Waals surface area contributed by atoms with Crippen molar-refractivity contribution in [1.82, 2.24) is 10.6 Å². The lowest BCUT2D eigenvalue weighted by Gasteiger charge is -2.24. The number of hydrogen-bond donors (Lipinski definition) is 2. The Balaban J connectivity index is 1.66. The van der Waals surface area contributed by atoms with Gasteiger partial charge in [-0.1, -0.05) is 19.8 Å². The second-order valence-electron chi connectivity index (χ2n) is 5.28. The predicted octanol–water partition coefficient (Wildman–Crippen LogP) is 1.06. The Bertz CT molecular complexity index is 248. The van der Waals surface area contributed by atoms with Crippen LogP contribution in [-0.4, -0.2) is 37.7 Å². The molecule has 2 unspecified atom stereocenters. The van der Waals surface area contributed by atoms with Crippen LogP contribution in [0.15, 0.2) is 0 Å². The summed E-state index contributed by atoms with van der Waals surface area (Å²) < 4.78 is 5.35. The van der Waals surface area contributed by atoms with Crippen LogP contribution >= 0.6 is 0 Å². The van der Waals surface area contributed by atoms with Crippen LogP contribution in [0.3, 0.4) is 0 Å². The molecule has 0 radical (unpaired) electrons. The van der Waals surface area contributed by atoms with E-state index >= 15 is 0 Å². The molecule has 4 nitrogen and oxygen atoms in total. The maximum atomic E-state index is 11.9. The first-order valence-electron chi connectivity index (χ1n) is 6.88. The molecule has 2 aliphatic rings. The van der Waals surface area contributed by atoms with Gasteiger partial charge in [0.15, 0.2) is 0 Å². The van der Waals surface area contributed by atoms with Gasteiger partial charge in [0, 0.05) is 25.0 Å². The van der Waals surface area contributed by atoms with Crippen molar-refractivity contribution in [3.63, 3.8) is 0 Å². The van der Waals surface area contributed by atoms with Crippen molar-refractivity contribution in [2.45, 2.75) is 51.1 Å². The van der Waals surface area contributed by atoms with Gasteiger partial charge in [0.25, 0.3) is 0 Å². The predicted molar refractivity (Wildman–Crippen MR) is 66.8 cm³/mol. The van der Waals surface area contributed by atoms with Crippen molar-refractivity contribution in [3.05, 3.63) is 0 Å². The van der Waals surface area contributed by atoms with E-state index in [9.17, 15) is 4.79 Å². The third kappa shape index (κ3) is 4.64. The van der Waals surface area contributed by atoms with E-state index in [1.165, 1.54) is 12.8 Å². The van der Waals surface area contributed by atoms with Crippen LogP contribution in [0.4, 0.5) is 0 Å². The molecule has 1 saturated carbocycles. The first-order valence-corrected chi connectivity index (χ1v) is 6.88. The zero-order valence-corrected chi connectivity index (χ0v) is 10.7. The highest BCUT2D eigenvalue weighted by Crippen LogP contribution is 2.34. The molecular weight excluding hydrogens is 216 g/mol. The lowest BCUT2D eigenvalue weighted by Crippen LogP contribution is -2.45. The SMILES string of the molecule is CCC(CC1CC1)NC(=O)CC1COCCN1. The molecule has 2 rings (SSSR count). The van der Waals surface area contributed by atoms with E-state index in [0.29, 0.717) is 19.1 Å². The number of rotatable bonds is 6. The summed E-state index contributed by atoms with van der Waals surface area (Å²) in [5, 5.41) is 6.46. The van der Waals surface area contributed by atoms with Crippen LogP contribution < -0.4 is 10.6 Å². The molecule has 98 valence electrons. The smallest absolute Gasteiger partial charge is 0.221 e. The molecule has 1 heterocycles. The van der Waals surface area contributed by atoms with E-state index in [1.54, 1.807) is 0 Å². The lowest BCUT2D eigenvalue weighted by atomic mass is 10.1. The molecule has 2 fully saturated rings. The van der Waals surface area contributed by atoms with E-state index in [1.807, 2.05) is 0 Å². The van der Waals surface area contributed by atoms with Gasteiger partial charge in [-0.25, -0.2) is 0 Å². The van der Waals surface area contributed by atoms with Gasteiger partial charge in [-0.2, -0.15) is 0 Å². The molecule has 0 spiro atoms. The summed E-state index contributed by atoms with van der Waals surface area (Å²) in [4.78, 5) is 11.9. The number of nitrogens with one attached hydrogen (secondary N) is 2. The van der Waals surface area contributed by atoms with Crippen LogP contribution in [0.5, 0.6) is 0 Å². The van der Waals surface area contributed by atoms with Crippen molar-refractivity contribution in [2.75, 3.05) is 19.8 Å². The molecule has 2 atom stereocenters. The summed E-state index contributed by atoms with van der Waals surface area (Å²) in [5.41, 5.74) is 0. The minimum atomic E-state index is 0.167. The summed E-state index contributed by atoms with van der Waals surface area (Å²) in [6, 6.07) is 0.571. The zero-order chi connectivity index (χ0) is 12.1. The molecule has 17 heavy (non-hydrogen) atoms. The number of ether oxygens (including phenoxy) is 1. The highest BCUT2D eigenvalue weighted by atomic mass is 16.5. The summed E-state index contributed by atoms with van der Waals surface area (Å²) in [6.07, 6.45) is 5.45. The normalized spacial score (nSPS) is 26.5. The van der Waals surface area contributed by atoms with Crippen molar-refractivity contribution in [3.8, 4) is 0 Å². The summed E-state index contributed by atoms with van der Waals surface area (Å²) >= 11 is 0. The molecule has 1 amide bonds. The molecule has 0 aromatic rings. The molecule has 4 heteroatoms. The second kappa shape index (κ2) is 6.36. The lowest BCUT2D eigenvalue weighted by molar-refractivity contribution is -0.123. The van der Waals surface area contributed by atoms with Crippen molar-refractivity contribution in [2.24, 2.45) is 5.92 Å². The van der Waals surface area contributed by atoms with Gasteiger partial charge in [0.1, 0.15) is 0 Å². The number of carbonyl (C=O) groups is 1. The van der Waals surface area contributed by atoms with Crippen molar-refractivity contribution in [1.29, 1.82) is 0 Å². The summed E-state index contributed by atoms with van der Waals surface area (Å²) in [5.74, 6) is 1.04. The van der Waals surface area contributed by atoms with Crippen molar-refractivity contribution >= 4 is 5.91 Å². The Morgan fingerprint density at radius 3 is 2.94 bits per heavy atom. The number of morpholine rings is 1. The molecule has 2 N–H and O–H groups in total. The minimum Gasteiger partial charge on any atom is -0.378 e. The number of carbonyl (C=O) groups excluding carboxylic acids is 1. The molecule has 1 saturated heterocycles. The first-order chi connectivity index (χ1) is 8.28. The summed E-state index contributed by atoms with van der Waals surface area (Å²) in [7, 11) is 0. The molecule has 0 bridgehead atoms. The van der Waals surface area contributed by atoms with Crippen LogP contribution in [0.25, 0.3) is 0 Å². The summed E-state index contributed by atoms with van der Waals surface area (Å²) in [6.45, 7) is 4.43. The van der Waals surface area contributed by atoms with Crippen LogP contribution in [0.1, 0.15) is 39.0 Å². The Labute approximate surface area is 103 Å². The Morgan fingerprint density at radius 2 is 2.35 bits per heavy atom. The molecule has 1 aliphatic heterocycles. The fraction of sp³-hybridized carbons (Fsp3) is 0.923. The number of hydrogen-bond acceptors (Lipinski definition) is 3. The van der Waals surface area contributed by atoms with E-state index in [4.69, 9.17) is 4.74 Å². The van der Waals surface area contributed by atoms with Crippen molar-refractivity contribution < 1.29 is 9.53 Å². The zero-order valence-electron chi connectivity index (χ0n) is 10.7. The van der Waals surface area contributed by atoms with Gasteiger partial charge in [0.05, 0.1) is 13.2 Å². The molecule has 0 aromatic heterocycles. The van der Waals surface area contributed by atoms with Gasteiger partial charge in [-0.3, -0.25) is 4.79 Å². The van der Waals surface area contributed by atoms with E-state index in [0.717, 1.165) is 31.9 Å². The van der Waals surface area contributed by atoms with Gasteiger partial charge < -0.3 is 15.4 Å². The third-order valence-electron chi connectivity index (χ3n) is 3.60. The monoisotopic (exact) mass is 240 g/mol. The minimum absolute atomic E-state index is 0.167. The van der Waals surface area contributed by atoms with Crippen LogP contribution in [0.2, 0.25) is 0 Å². The maximum Gasteiger partial charge on any atom is 0.221 e. The molecule has 1 aliphatic carbocycles. The average molecular weight is 240 g/mol. The highest BCUT2D eigenvalue weighted by molar-refractivity contribution is 5.76. The highest BCUT2D eigenvalue weighted by Gasteiger charge is 2.26. The van der Waals surface area contributed by atoms with Gasteiger partial charge >= 0.3 is 0 Å². The third-order valence-corrected chi connectivity index (χ3v) is 3.60. The van der Waals surface area contributed by atoms with Gasteiger partial charge in [-0.15, -0.1) is 0 Å². The largest absolute Gasteiger partial charge is 0.378 e. The van der Waals surface area contributed by atoms with E-state index in [2.05, 4.69) is 17.6 Å². The van der Waals surface area contributed by atoms with Gasteiger partial charge in [-0.05, 0) is 18.8 Å². The quantitative estimate of drug-likeness (QED) is 0.730. The first kappa shape index (κ1) is 12.8. The number of amides is 1. The second-order valence-corrected chi connectivity index (χ2v) is 5.28. The fourth-order valence-electron chi connectivity index (χ4n) is 2.34. The Hall–Kier alpha value is -0.610. The van der Waals surface area contributed by atoms with E-state index in [-0.39, 0.29) is 11.9 Å². The molecule has 0 aromatic carbocycles. The maximum absolute atomic E-state index is 11.9. The standard InChI is InChI=1S/C13H24N2O2/c1-2-11(7-10-3-4-10)15-13(16)8-12-9-17-6-5-14-12/h10-12,14H,2-9H2,1H3,(H,15,16). The topological polar surface area (TPSA) is 50.4 Å². The Kier molecular flexibility index (Phi) is 4.80.